The van der Waals surface area contributed by atoms with E-state index in [-0.39, 0.29) is 0 Å². The van der Waals surface area contributed by atoms with E-state index in [2.05, 4.69) is 34.2 Å². The van der Waals surface area contributed by atoms with Gasteiger partial charge in [0.2, 0.25) is 0 Å². The number of hydrogen-bond donors (Lipinski definition) is 1. The van der Waals surface area contributed by atoms with Crippen molar-refractivity contribution >= 4 is 17.3 Å². The molecule has 2 aliphatic rings. The minimum absolute atomic E-state index is 0.528. The van der Waals surface area contributed by atoms with Crippen LogP contribution in [-0.4, -0.2) is 43.7 Å². The largest absolute Gasteiger partial charge is 0.365 e. The summed E-state index contributed by atoms with van der Waals surface area (Å²) in [4.78, 5) is 5.18. The molecule has 0 saturated carbocycles. The van der Waals surface area contributed by atoms with Gasteiger partial charge in [0.15, 0.2) is 0 Å². The number of halogens is 1. The van der Waals surface area contributed by atoms with E-state index in [4.69, 9.17) is 11.6 Å². The first-order valence-electron chi connectivity index (χ1n) is 7.63. The summed E-state index contributed by atoms with van der Waals surface area (Å²) in [6, 6.07) is 7.49. The Labute approximate surface area is 126 Å². The van der Waals surface area contributed by atoms with E-state index in [0.29, 0.717) is 12.1 Å². The van der Waals surface area contributed by atoms with Crippen molar-refractivity contribution in [3.05, 3.63) is 28.8 Å². The summed E-state index contributed by atoms with van der Waals surface area (Å²) in [7, 11) is 1.99. The maximum atomic E-state index is 6.52. The molecule has 110 valence electrons. The Morgan fingerprint density at radius 1 is 1.35 bits per heavy atom. The Morgan fingerprint density at radius 2 is 2.20 bits per heavy atom. The van der Waals surface area contributed by atoms with E-state index in [1.54, 1.807) is 0 Å². The van der Waals surface area contributed by atoms with Gasteiger partial charge in [-0.15, -0.1) is 0 Å². The number of benzene rings is 1. The Morgan fingerprint density at radius 3 is 3.00 bits per heavy atom. The van der Waals surface area contributed by atoms with Crippen LogP contribution in [0.3, 0.4) is 0 Å². The number of rotatable bonds is 3. The van der Waals surface area contributed by atoms with Gasteiger partial charge in [-0.05, 0) is 45.0 Å². The summed E-state index contributed by atoms with van der Waals surface area (Å²) in [6.07, 6.45) is 2.67. The van der Waals surface area contributed by atoms with Gasteiger partial charge < -0.3 is 10.2 Å². The van der Waals surface area contributed by atoms with Crippen molar-refractivity contribution in [2.24, 2.45) is 0 Å². The molecule has 1 aromatic rings. The van der Waals surface area contributed by atoms with Crippen molar-refractivity contribution in [3.63, 3.8) is 0 Å². The summed E-state index contributed by atoms with van der Waals surface area (Å²) in [5, 5.41) is 4.14. The van der Waals surface area contributed by atoms with Crippen molar-refractivity contribution in [3.8, 4) is 0 Å². The van der Waals surface area contributed by atoms with Crippen LogP contribution in [0.2, 0.25) is 5.02 Å². The Bertz CT molecular complexity index is 477. The van der Waals surface area contributed by atoms with Crippen LogP contribution in [0.4, 0.5) is 5.69 Å². The van der Waals surface area contributed by atoms with Gasteiger partial charge in [-0.1, -0.05) is 23.7 Å². The van der Waals surface area contributed by atoms with Gasteiger partial charge in [0.1, 0.15) is 0 Å². The minimum atomic E-state index is 0.528. The number of nitrogens with one attached hydrogen (secondary N) is 1. The molecule has 4 heteroatoms. The molecule has 3 rings (SSSR count). The summed E-state index contributed by atoms with van der Waals surface area (Å²) in [5.41, 5.74) is 2.54. The second-order valence-corrected chi connectivity index (χ2v) is 6.48. The van der Waals surface area contributed by atoms with Crippen molar-refractivity contribution in [2.75, 3.05) is 31.6 Å². The standard InChI is InChI=1S/C16H24ClN3/c1-12-10-19-8-4-6-14(19)11-20(12)16-13(9-18-2)5-3-7-15(16)17/h3,5,7,12,14,18H,4,6,8-11H2,1-2H3. The van der Waals surface area contributed by atoms with Gasteiger partial charge in [0.05, 0.1) is 10.7 Å². The van der Waals surface area contributed by atoms with Crippen LogP contribution >= 0.6 is 11.6 Å². The predicted octanol–water partition coefficient (Wildman–Crippen LogP) is 2.73. The highest BCUT2D eigenvalue weighted by Gasteiger charge is 2.35. The van der Waals surface area contributed by atoms with Crippen LogP contribution in [0.15, 0.2) is 18.2 Å². The predicted molar refractivity (Wildman–Crippen MR) is 85.6 cm³/mol. The van der Waals surface area contributed by atoms with Gasteiger partial charge in [0.25, 0.3) is 0 Å². The Hall–Kier alpha value is -0.770. The zero-order valence-electron chi connectivity index (χ0n) is 12.4. The molecule has 2 fully saturated rings. The number of piperazine rings is 1. The molecule has 0 spiro atoms. The van der Waals surface area contributed by atoms with Crippen LogP contribution in [0.5, 0.6) is 0 Å². The van der Waals surface area contributed by atoms with Crippen molar-refractivity contribution in [1.29, 1.82) is 0 Å². The van der Waals surface area contributed by atoms with E-state index in [1.807, 2.05) is 13.1 Å². The van der Waals surface area contributed by atoms with Gasteiger partial charge in [-0.2, -0.15) is 0 Å². The van der Waals surface area contributed by atoms with Crippen LogP contribution < -0.4 is 10.2 Å². The Kier molecular flexibility index (Phi) is 4.20. The number of para-hydroxylation sites is 1. The molecule has 20 heavy (non-hydrogen) atoms. The molecule has 2 saturated heterocycles. The van der Waals surface area contributed by atoms with Crippen LogP contribution in [-0.2, 0) is 6.54 Å². The van der Waals surface area contributed by atoms with Crippen LogP contribution in [0.1, 0.15) is 25.3 Å². The minimum Gasteiger partial charge on any atom is -0.365 e. The molecule has 0 aromatic heterocycles. The van der Waals surface area contributed by atoms with Crippen LogP contribution in [0, 0.1) is 0 Å². The average Bonchev–Trinajstić information content (AvgIpc) is 2.86. The maximum absolute atomic E-state index is 6.52. The molecular weight excluding hydrogens is 270 g/mol. The van der Waals surface area contributed by atoms with E-state index in [9.17, 15) is 0 Å². The van der Waals surface area contributed by atoms with Crippen LogP contribution in [0.25, 0.3) is 0 Å². The third-order valence-corrected chi connectivity index (χ3v) is 4.97. The number of anilines is 1. The molecule has 0 bridgehead atoms. The molecular formula is C16H24ClN3. The van der Waals surface area contributed by atoms with E-state index in [1.165, 1.54) is 30.6 Å². The monoisotopic (exact) mass is 293 g/mol. The molecule has 2 unspecified atom stereocenters. The SMILES string of the molecule is CNCc1cccc(Cl)c1N1CC2CCCN2CC1C. The number of fused-ring (bicyclic) bond motifs is 1. The van der Waals surface area contributed by atoms with Gasteiger partial charge in [-0.25, -0.2) is 0 Å². The molecule has 2 heterocycles. The summed E-state index contributed by atoms with van der Waals surface area (Å²) in [5.74, 6) is 0. The number of nitrogens with zero attached hydrogens (tertiary/aromatic N) is 2. The normalized spacial score (nSPS) is 26.9. The molecule has 2 atom stereocenters. The highest BCUT2D eigenvalue weighted by molar-refractivity contribution is 6.33. The lowest BCUT2D eigenvalue weighted by Crippen LogP contribution is -2.55. The summed E-state index contributed by atoms with van der Waals surface area (Å²) < 4.78 is 0. The second kappa shape index (κ2) is 5.92. The van der Waals surface area contributed by atoms with Crippen molar-refractivity contribution < 1.29 is 0 Å². The zero-order chi connectivity index (χ0) is 14.1. The first-order valence-corrected chi connectivity index (χ1v) is 8.01. The Balaban J connectivity index is 1.91. The quantitative estimate of drug-likeness (QED) is 0.924. The topological polar surface area (TPSA) is 18.5 Å². The molecule has 3 nitrogen and oxygen atoms in total. The molecule has 2 aliphatic heterocycles. The smallest absolute Gasteiger partial charge is 0.0643 e. The average molecular weight is 294 g/mol. The molecule has 1 N–H and O–H groups in total. The van der Waals surface area contributed by atoms with E-state index < -0.39 is 0 Å². The summed E-state index contributed by atoms with van der Waals surface area (Å²) >= 11 is 6.52. The zero-order valence-corrected chi connectivity index (χ0v) is 13.2. The first kappa shape index (κ1) is 14.2. The molecule has 0 amide bonds. The second-order valence-electron chi connectivity index (χ2n) is 6.07. The van der Waals surface area contributed by atoms with Crippen molar-refractivity contribution in [2.45, 2.75) is 38.4 Å². The molecule has 1 aromatic carbocycles. The summed E-state index contributed by atoms with van der Waals surface area (Å²) in [6.45, 7) is 6.74. The van der Waals surface area contributed by atoms with E-state index in [0.717, 1.165) is 24.7 Å². The molecule has 0 aliphatic carbocycles. The van der Waals surface area contributed by atoms with E-state index >= 15 is 0 Å². The molecule has 0 radical (unpaired) electrons. The highest BCUT2D eigenvalue weighted by atomic mass is 35.5. The lowest BCUT2D eigenvalue weighted by atomic mass is 10.0. The van der Waals surface area contributed by atoms with Gasteiger partial charge in [0, 0.05) is 31.7 Å². The third kappa shape index (κ3) is 2.54. The fourth-order valence-corrected chi connectivity index (χ4v) is 4.02. The van der Waals surface area contributed by atoms with Gasteiger partial charge >= 0.3 is 0 Å². The fraction of sp³-hybridized carbons (Fsp3) is 0.625. The lowest BCUT2D eigenvalue weighted by Gasteiger charge is -2.44. The fourth-order valence-electron chi connectivity index (χ4n) is 3.71. The highest BCUT2D eigenvalue weighted by Crippen LogP contribution is 2.35. The lowest BCUT2D eigenvalue weighted by molar-refractivity contribution is 0.203. The maximum Gasteiger partial charge on any atom is 0.0643 e. The van der Waals surface area contributed by atoms with Gasteiger partial charge in [-0.3, -0.25) is 4.90 Å². The third-order valence-electron chi connectivity index (χ3n) is 4.66. The first-order chi connectivity index (χ1) is 9.70. The number of hydrogen-bond acceptors (Lipinski definition) is 3. The van der Waals surface area contributed by atoms with Crippen molar-refractivity contribution in [1.82, 2.24) is 10.2 Å².